The van der Waals surface area contributed by atoms with Gasteiger partial charge in [-0.25, -0.2) is 4.98 Å². The van der Waals surface area contributed by atoms with E-state index in [1.54, 1.807) is 36.4 Å². The molecule has 3 aromatic carbocycles. The van der Waals surface area contributed by atoms with Gasteiger partial charge in [0.1, 0.15) is 12.3 Å². The average Bonchev–Trinajstić information content (AvgIpc) is 2.85. The molecule has 2 amide bonds. The maximum Gasteiger partial charge on any atom is 0.294 e. The molecule has 1 heterocycles. The molecular weight excluding hydrogens is 456 g/mol. The van der Waals surface area contributed by atoms with Crippen molar-refractivity contribution in [3.63, 3.8) is 0 Å². The Morgan fingerprint density at radius 2 is 1.69 bits per heavy atom. The summed E-state index contributed by atoms with van der Waals surface area (Å²) < 4.78 is 6.70. The van der Waals surface area contributed by atoms with Crippen LogP contribution in [0.5, 0.6) is 5.75 Å². The number of nitrogens with one attached hydrogen (secondary N) is 1. The van der Waals surface area contributed by atoms with Crippen molar-refractivity contribution in [3.05, 3.63) is 93.8 Å². The van der Waals surface area contributed by atoms with Crippen LogP contribution < -0.4 is 20.5 Å². The summed E-state index contributed by atoms with van der Waals surface area (Å²) in [4.78, 5) is 45.2. The number of methoxy groups -OCH3 is 1. The largest absolute Gasteiger partial charge is 0.495 e. The smallest absolute Gasteiger partial charge is 0.294 e. The van der Waals surface area contributed by atoms with Gasteiger partial charge >= 0.3 is 0 Å². The van der Waals surface area contributed by atoms with E-state index in [2.05, 4.69) is 10.3 Å². The number of hydrogen-bond acceptors (Lipinski definition) is 5. The zero-order valence-corrected chi connectivity index (χ0v) is 20.7. The molecule has 184 valence electrons. The van der Waals surface area contributed by atoms with Crippen LogP contribution in [0.3, 0.4) is 0 Å². The predicted octanol–water partition coefficient (Wildman–Crippen LogP) is 4.21. The molecule has 36 heavy (non-hydrogen) atoms. The van der Waals surface area contributed by atoms with Crippen molar-refractivity contribution in [2.24, 2.45) is 0 Å². The fourth-order valence-corrected chi connectivity index (χ4v) is 3.98. The molecule has 0 unspecified atom stereocenters. The Balaban J connectivity index is 1.74. The number of aromatic nitrogens is 2. The maximum absolute atomic E-state index is 13.6. The first-order chi connectivity index (χ1) is 17.3. The summed E-state index contributed by atoms with van der Waals surface area (Å²) in [5, 5.41) is 2.83. The third-order valence-electron chi connectivity index (χ3n) is 5.86. The molecule has 4 aromatic rings. The molecule has 1 N–H and O–H groups in total. The van der Waals surface area contributed by atoms with E-state index in [-0.39, 0.29) is 24.8 Å². The van der Waals surface area contributed by atoms with Crippen LogP contribution in [0.15, 0.2) is 71.5 Å². The number of benzene rings is 3. The van der Waals surface area contributed by atoms with E-state index in [1.807, 2.05) is 44.2 Å². The molecule has 1 aromatic heterocycles. The minimum absolute atomic E-state index is 0.0253. The van der Waals surface area contributed by atoms with Gasteiger partial charge in [0, 0.05) is 6.92 Å². The monoisotopic (exact) mass is 484 g/mol. The molecule has 0 radical (unpaired) electrons. The number of nitrogens with zero attached hydrogens (tertiary/aromatic N) is 3. The molecule has 0 saturated carbocycles. The quantitative estimate of drug-likeness (QED) is 0.424. The van der Waals surface area contributed by atoms with Crippen molar-refractivity contribution >= 4 is 34.4 Å². The van der Waals surface area contributed by atoms with E-state index in [9.17, 15) is 14.4 Å². The number of rotatable bonds is 7. The van der Waals surface area contributed by atoms with E-state index in [0.29, 0.717) is 22.5 Å². The number of para-hydroxylation sites is 2. The third-order valence-corrected chi connectivity index (χ3v) is 5.86. The summed E-state index contributed by atoms with van der Waals surface area (Å²) in [6, 6.07) is 20.2. The van der Waals surface area contributed by atoms with Gasteiger partial charge in [0.15, 0.2) is 0 Å². The second-order valence-corrected chi connectivity index (χ2v) is 8.66. The third kappa shape index (κ3) is 5.27. The van der Waals surface area contributed by atoms with E-state index in [4.69, 9.17) is 4.74 Å². The molecule has 8 heteroatoms. The van der Waals surface area contributed by atoms with E-state index in [0.717, 1.165) is 16.7 Å². The molecule has 0 atom stereocenters. The Morgan fingerprint density at radius 1 is 1.00 bits per heavy atom. The van der Waals surface area contributed by atoms with Gasteiger partial charge in [-0.05, 0) is 49.2 Å². The van der Waals surface area contributed by atoms with E-state index >= 15 is 0 Å². The van der Waals surface area contributed by atoms with Gasteiger partial charge in [-0.1, -0.05) is 48.0 Å². The zero-order valence-electron chi connectivity index (χ0n) is 20.7. The van der Waals surface area contributed by atoms with Crippen LogP contribution >= 0.6 is 0 Å². The van der Waals surface area contributed by atoms with Crippen LogP contribution in [0.4, 0.5) is 11.5 Å². The molecule has 8 nitrogen and oxygen atoms in total. The first-order valence-corrected chi connectivity index (χ1v) is 11.5. The highest BCUT2D eigenvalue weighted by molar-refractivity contribution is 5.94. The van der Waals surface area contributed by atoms with Gasteiger partial charge < -0.3 is 10.1 Å². The number of anilines is 2. The lowest BCUT2D eigenvalue weighted by Gasteiger charge is -2.22. The molecular formula is C28H28N4O4. The van der Waals surface area contributed by atoms with Crippen molar-refractivity contribution in [1.29, 1.82) is 0 Å². The van der Waals surface area contributed by atoms with Crippen LogP contribution in [0.1, 0.15) is 23.6 Å². The lowest BCUT2D eigenvalue weighted by atomic mass is 10.1. The Kier molecular flexibility index (Phi) is 7.15. The fraction of sp³-hybridized carbons (Fsp3) is 0.214. The molecule has 0 fully saturated rings. The standard InChI is InChI=1S/C28H28N4O4/c1-18-9-12-21(13-10-18)16-31(20(3)33)27-28(35)32(24-8-6-5-7-22(24)30-27)17-26(34)29-23-15-19(2)11-14-25(23)36-4/h5-15H,16-17H2,1-4H3,(H,29,34). The number of hydrogen-bond donors (Lipinski definition) is 1. The number of carbonyl (C=O) groups excluding carboxylic acids is 2. The molecule has 0 aliphatic rings. The lowest BCUT2D eigenvalue weighted by molar-refractivity contribution is -0.117. The van der Waals surface area contributed by atoms with E-state index < -0.39 is 11.5 Å². The molecule has 0 aliphatic heterocycles. The van der Waals surface area contributed by atoms with Gasteiger partial charge in [0.05, 0.1) is 30.4 Å². The highest BCUT2D eigenvalue weighted by Crippen LogP contribution is 2.25. The second-order valence-electron chi connectivity index (χ2n) is 8.66. The molecule has 0 bridgehead atoms. The van der Waals surface area contributed by atoms with Crippen molar-refractivity contribution in [3.8, 4) is 5.75 Å². The fourth-order valence-electron chi connectivity index (χ4n) is 3.98. The Morgan fingerprint density at radius 3 is 2.39 bits per heavy atom. The Labute approximate surface area is 209 Å². The van der Waals surface area contributed by atoms with Crippen molar-refractivity contribution in [1.82, 2.24) is 9.55 Å². The van der Waals surface area contributed by atoms with E-state index in [1.165, 1.54) is 23.5 Å². The van der Waals surface area contributed by atoms with Gasteiger partial charge in [0.25, 0.3) is 5.56 Å². The first-order valence-electron chi connectivity index (χ1n) is 11.5. The minimum Gasteiger partial charge on any atom is -0.495 e. The molecule has 0 spiro atoms. The summed E-state index contributed by atoms with van der Waals surface area (Å²) in [6.45, 7) is 5.21. The van der Waals surface area contributed by atoms with Gasteiger partial charge in [-0.15, -0.1) is 0 Å². The van der Waals surface area contributed by atoms with Crippen molar-refractivity contribution in [2.45, 2.75) is 33.9 Å². The normalized spacial score (nSPS) is 10.8. The number of ether oxygens (including phenoxy) is 1. The SMILES string of the molecule is COc1ccc(C)cc1NC(=O)Cn1c(=O)c(N(Cc2ccc(C)cc2)C(C)=O)nc2ccccc21. The highest BCUT2D eigenvalue weighted by atomic mass is 16.5. The van der Waals surface area contributed by atoms with Gasteiger partial charge in [0.2, 0.25) is 17.6 Å². The second kappa shape index (κ2) is 10.4. The summed E-state index contributed by atoms with van der Waals surface area (Å²) in [5.41, 5.74) is 3.89. The van der Waals surface area contributed by atoms with Crippen molar-refractivity contribution in [2.75, 3.05) is 17.3 Å². The molecule has 0 aliphatic carbocycles. The summed E-state index contributed by atoms with van der Waals surface area (Å²) in [7, 11) is 1.53. The van der Waals surface area contributed by atoms with Crippen molar-refractivity contribution < 1.29 is 14.3 Å². The van der Waals surface area contributed by atoms with Crippen LogP contribution in [0, 0.1) is 13.8 Å². The number of carbonyl (C=O) groups is 2. The van der Waals surface area contributed by atoms with Crippen LogP contribution in [-0.4, -0.2) is 28.5 Å². The Hall–Kier alpha value is -4.46. The lowest BCUT2D eigenvalue weighted by Crippen LogP contribution is -2.38. The average molecular weight is 485 g/mol. The Bertz CT molecular complexity index is 1490. The number of aryl methyl sites for hydroxylation is 2. The maximum atomic E-state index is 13.6. The van der Waals surface area contributed by atoms with Gasteiger partial charge in [-0.2, -0.15) is 0 Å². The topological polar surface area (TPSA) is 93.5 Å². The van der Waals surface area contributed by atoms with Gasteiger partial charge in [-0.3, -0.25) is 23.9 Å². The van der Waals surface area contributed by atoms with Crippen LogP contribution in [-0.2, 0) is 22.7 Å². The zero-order chi connectivity index (χ0) is 25.8. The summed E-state index contributed by atoms with van der Waals surface area (Å²) >= 11 is 0. The number of fused-ring (bicyclic) bond motifs is 1. The molecule has 0 saturated heterocycles. The van der Waals surface area contributed by atoms with Crippen LogP contribution in [0.2, 0.25) is 0 Å². The number of amides is 2. The summed E-state index contributed by atoms with van der Waals surface area (Å²) in [5.74, 6) is -0.239. The van der Waals surface area contributed by atoms with Crippen LogP contribution in [0.25, 0.3) is 11.0 Å². The predicted molar refractivity (Wildman–Crippen MR) is 140 cm³/mol. The first kappa shape index (κ1) is 24.7. The molecule has 4 rings (SSSR count). The minimum atomic E-state index is -0.526. The highest BCUT2D eigenvalue weighted by Gasteiger charge is 2.22. The summed E-state index contributed by atoms with van der Waals surface area (Å²) in [6.07, 6.45) is 0.